The summed E-state index contributed by atoms with van der Waals surface area (Å²) < 4.78 is 43.7. The third-order valence-electron chi connectivity index (χ3n) is 4.27. The fraction of sp³-hybridized carbons (Fsp3) is 0.211. The van der Waals surface area contributed by atoms with Gasteiger partial charge in [-0.15, -0.1) is 11.3 Å². The number of methoxy groups -OCH3 is 1. The third kappa shape index (κ3) is 3.93. The van der Waals surface area contributed by atoms with E-state index in [1.165, 1.54) is 19.2 Å². The molecule has 0 unspecified atom stereocenters. The molecule has 0 spiro atoms. The number of sulfonamides is 1. The molecule has 0 radical (unpaired) electrons. The average molecular weight is 423 g/mol. The molecule has 3 N–H and O–H groups in total. The van der Waals surface area contributed by atoms with E-state index in [-0.39, 0.29) is 17.2 Å². The zero-order chi connectivity index (χ0) is 20.5. The number of ether oxygens (including phenoxy) is 1. The predicted octanol–water partition coefficient (Wildman–Crippen LogP) is 3.65. The number of anilines is 1. The van der Waals surface area contributed by atoms with Gasteiger partial charge in [-0.25, -0.2) is 17.9 Å². The second kappa shape index (κ2) is 7.96. The minimum absolute atomic E-state index is 0.0349. The molecule has 0 bridgehead atoms. The Bertz CT molecular complexity index is 1160. The molecule has 0 atom stereocenters. The molecule has 2 aromatic carbocycles. The summed E-state index contributed by atoms with van der Waals surface area (Å²) in [4.78, 5) is 13.1. The van der Waals surface area contributed by atoms with Gasteiger partial charge >= 0.3 is 0 Å². The number of amides is 1. The summed E-state index contributed by atoms with van der Waals surface area (Å²) in [6.45, 7) is 1.88. The summed E-state index contributed by atoms with van der Waals surface area (Å²) in [6.07, 6.45) is 0.480. The van der Waals surface area contributed by atoms with E-state index in [2.05, 4.69) is 5.32 Å². The molecule has 0 aliphatic heterocycles. The van der Waals surface area contributed by atoms with E-state index in [1.807, 2.05) is 6.92 Å². The maximum absolute atomic E-state index is 14.3. The normalized spacial score (nSPS) is 11.7. The molecule has 3 rings (SSSR count). The van der Waals surface area contributed by atoms with Gasteiger partial charge in [-0.2, -0.15) is 0 Å². The monoisotopic (exact) mass is 422 g/mol. The van der Waals surface area contributed by atoms with Gasteiger partial charge in [0.2, 0.25) is 10.0 Å². The lowest BCUT2D eigenvalue weighted by atomic mass is 10.1. The summed E-state index contributed by atoms with van der Waals surface area (Å²) in [6, 6.07) is 9.18. The van der Waals surface area contributed by atoms with Crippen LogP contribution >= 0.6 is 11.3 Å². The van der Waals surface area contributed by atoms with Gasteiger partial charge in [-0.05, 0) is 36.2 Å². The van der Waals surface area contributed by atoms with Crippen molar-refractivity contribution in [1.82, 2.24) is 0 Å². The van der Waals surface area contributed by atoms with E-state index in [4.69, 9.17) is 9.88 Å². The highest BCUT2D eigenvalue weighted by atomic mass is 32.2. The number of carbonyl (C=O) groups excluding carboxylic acids is 1. The molecule has 0 saturated heterocycles. The van der Waals surface area contributed by atoms with Crippen LogP contribution in [-0.2, 0) is 27.8 Å². The molecular formula is C19H19FN2O4S2. The fourth-order valence-electron chi connectivity index (χ4n) is 3.01. The van der Waals surface area contributed by atoms with E-state index in [0.29, 0.717) is 32.5 Å². The standard InChI is InChI=1S/C19H19FN2O4S2/c1-3-11-7-8-12(9-16(11)28(21,24)25)22-19(23)18-13(10-26-2)17-14(20)5-4-6-15(17)27-18/h4-9H,3,10H2,1-2H3,(H,22,23)(H2,21,24,25). The van der Waals surface area contributed by atoms with E-state index in [1.54, 1.807) is 24.3 Å². The number of fused-ring (bicyclic) bond motifs is 1. The Morgan fingerprint density at radius 1 is 1.29 bits per heavy atom. The summed E-state index contributed by atoms with van der Waals surface area (Å²) in [5.41, 5.74) is 1.30. The van der Waals surface area contributed by atoms with E-state index in [0.717, 1.165) is 11.3 Å². The summed E-state index contributed by atoms with van der Waals surface area (Å²) in [7, 11) is -2.46. The van der Waals surface area contributed by atoms with Crippen molar-refractivity contribution in [2.45, 2.75) is 24.8 Å². The van der Waals surface area contributed by atoms with Gasteiger partial charge < -0.3 is 10.1 Å². The lowest BCUT2D eigenvalue weighted by Crippen LogP contribution is -2.16. The van der Waals surface area contributed by atoms with Crippen LogP contribution in [0.1, 0.15) is 27.7 Å². The van der Waals surface area contributed by atoms with Crippen LogP contribution in [0.25, 0.3) is 10.1 Å². The zero-order valence-electron chi connectivity index (χ0n) is 15.3. The number of primary sulfonamides is 1. The molecule has 1 amide bonds. The Hall–Kier alpha value is -2.33. The van der Waals surface area contributed by atoms with Crippen molar-refractivity contribution in [1.29, 1.82) is 0 Å². The number of thiophene rings is 1. The molecule has 28 heavy (non-hydrogen) atoms. The van der Waals surface area contributed by atoms with Crippen LogP contribution in [0, 0.1) is 5.82 Å². The zero-order valence-corrected chi connectivity index (χ0v) is 16.9. The van der Waals surface area contributed by atoms with E-state index in [9.17, 15) is 17.6 Å². The van der Waals surface area contributed by atoms with Crippen molar-refractivity contribution < 1.29 is 22.3 Å². The predicted molar refractivity (Wildman–Crippen MR) is 108 cm³/mol. The van der Waals surface area contributed by atoms with Crippen LogP contribution in [0.15, 0.2) is 41.3 Å². The SMILES string of the molecule is CCc1ccc(NC(=O)c2sc3cccc(F)c3c2COC)cc1S(N)(=O)=O. The summed E-state index contributed by atoms with van der Waals surface area (Å²) >= 11 is 1.15. The number of benzene rings is 2. The molecule has 0 aliphatic rings. The van der Waals surface area contributed by atoms with Crippen molar-refractivity contribution in [2.75, 3.05) is 12.4 Å². The maximum atomic E-state index is 14.3. The first-order chi connectivity index (χ1) is 13.3. The maximum Gasteiger partial charge on any atom is 0.266 e. The Kier molecular flexibility index (Phi) is 5.80. The minimum atomic E-state index is -3.93. The Morgan fingerprint density at radius 3 is 2.68 bits per heavy atom. The number of nitrogens with one attached hydrogen (secondary N) is 1. The van der Waals surface area contributed by atoms with Gasteiger partial charge in [-0.3, -0.25) is 4.79 Å². The molecule has 1 heterocycles. The largest absolute Gasteiger partial charge is 0.380 e. The molecule has 0 saturated carbocycles. The fourth-order valence-corrected chi connectivity index (χ4v) is 5.00. The lowest BCUT2D eigenvalue weighted by Gasteiger charge is -2.10. The molecule has 3 aromatic rings. The lowest BCUT2D eigenvalue weighted by molar-refractivity contribution is 0.102. The highest BCUT2D eigenvalue weighted by Crippen LogP contribution is 2.34. The highest BCUT2D eigenvalue weighted by Gasteiger charge is 2.21. The molecule has 1 aromatic heterocycles. The topological polar surface area (TPSA) is 98.5 Å². The van der Waals surface area contributed by atoms with E-state index < -0.39 is 21.7 Å². The Morgan fingerprint density at radius 2 is 2.04 bits per heavy atom. The third-order valence-corrected chi connectivity index (χ3v) is 6.46. The van der Waals surface area contributed by atoms with E-state index >= 15 is 0 Å². The Labute approximate surface area is 166 Å². The first-order valence-corrected chi connectivity index (χ1v) is 10.8. The van der Waals surface area contributed by atoms with Gasteiger partial charge in [0.15, 0.2) is 0 Å². The van der Waals surface area contributed by atoms with Gasteiger partial charge in [0.1, 0.15) is 5.82 Å². The minimum Gasteiger partial charge on any atom is -0.380 e. The number of carbonyl (C=O) groups is 1. The molecule has 0 aliphatic carbocycles. The first kappa shape index (κ1) is 20.4. The smallest absolute Gasteiger partial charge is 0.266 e. The number of aryl methyl sites for hydroxylation is 1. The molecule has 148 valence electrons. The molecular weight excluding hydrogens is 403 g/mol. The summed E-state index contributed by atoms with van der Waals surface area (Å²) in [5, 5.41) is 8.31. The quantitative estimate of drug-likeness (QED) is 0.633. The number of rotatable bonds is 6. The average Bonchev–Trinajstić information content (AvgIpc) is 3.01. The number of halogens is 1. The number of hydrogen-bond donors (Lipinski definition) is 2. The van der Waals surface area contributed by atoms with Gasteiger partial charge in [0.05, 0.1) is 16.4 Å². The van der Waals surface area contributed by atoms with Crippen molar-refractivity contribution in [3.63, 3.8) is 0 Å². The van der Waals surface area contributed by atoms with Crippen molar-refractivity contribution >= 4 is 43.0 Å². The molecule has 6 nitrogen and oxygen atoms in total. The van der Waals surface area contributed by atoms with Crippen LogP contribution < -0.4 is 10.5 Å². The Balaban J connectivity index is 2.02. The molecule has 9 heteroatoms. The number of hydrogen-bond acceptors (Lipinski definition) is 5. The van der Waals surface area contributed by atoms with Gasteiger partial charge in [0.25, 0.3) is 5.91 Å². The van der Waals surface area contributed by atoms with Crippen LogP contribution in [0.3, 0.4) is 0 Å². The van der Waals surface area contributed by atoms with Crippen molar-refractivity contribution in [3.8, 4) is 0 Å². The second-order valence-corrected chi connectivity index (χ2v) is 8.71. The first-order valence-electron chi connectivity index (χ1n) is 8.42. The van der Waals surface area contributed by atoms with Gasteiger partial charge in [0, 0.05) is 28.4 Å². The second-order valence-electron chi connectivity index (χ2n) is 6.13. The van der Waals surface area contributed by atoms with Crippen LogP contribution in [-0.4, -0.2) is 21.4 Å². The highest BCUT2D eigenvalue weighted by molar-refractivity contribution is 7.89. The number of nitrogens with two attached hydrogens (primary N) is 1. The summed E-state index contributed by atoms with van der Waals surface area (Å²) in [5.74, 6) is -0.902. The van der Waals surface area contributed by atoms with Crippen molar-refractivity contribution in [3.05, 3.63) is 58.2 Å². The van der Waals surface area contributed by atoms with Crippen LogP contribution in [0.2, 0.25) is 0 Å². The van der Waals surface area contributed by atoms with Crippen molar-refractivity contribution in [2.24, 2.45) is 5.14 Å². The van der Waals surface area contributed by atoms with Crippen LogP contribution in [0.5, 0.6) is 0 Å². The van der Waals surface area contributed by atoms with Gasteiger partial charge in [-0.1, -0.05) is 19.1 Å². The molecule has 0 fully saturated rings. The van der Waals surface area contributed by atoms with Crippen LogP contribution in [0.4, 0.5) is 10.1 Å².